The Morgan fingerprint density at radius 2 is 1.94 bits per heavy atom. The molecule has 2 heterocycles. The van der Waals surface area contributed by atoms with Crippen LogP contribution in [0.1, 0.15) is 37.3 Å². The van der Waals surface area contributed by atoms with E-state index in [2.05, 4.69) is 9.83 Å². The Kier molecular flexibility index (Phi) is 6.00. The van der Waals surface area contributed by atoms with Crippen molar-refractivity contribution in [3.8, 4) is 0 Å². The second kappa shape index (κ2) is 8.75. The van der Waals surface area contributed by atoms with E-state index in [9.17, 15) is 9.18 Å². The molecule has 0 bridgehead atoms. The molecule has 0 aliphatic carbocycles. The van der Waals surface area contributed by atoms with Gasteiger partial charge in [0.05, 0.1) is 12.8 Å². The number of rotatable bonds is 6. The summed E-state index contributed by atoms with van der Waals surface area (Å²) < 4.78 is 20.2. The third kappa shape index (κ3) is 4.12. The highest BCUT2D eigenvalue weighted by Gasteiger charge is 2.50. The minimum atomic E-state index is -0.998. The lowest BCUT2D eigenvalue weighted by atomic mass is 10.0. The van der Waals surface area contributed by atoms with Crippen molar-refractivity contribution in [3.63, 3.8) is 0 Å². The van der Waals surface area contributed by atoms with E-state index in [0.29, 0.717) is 47.8 Å². The van der Waals surface area contributed by atoms with Gasteiger partial charge in [-0.05, 0) is 81.2 Å². The summed E-state index contributed by atoms with van der Waals surface area (Å²) in [6.45, 7) is 12.6. The summed E-state index contributed by atoms with van der Waals surface area (Å²) in [5, 5.41) is 0.274. The average molecular weight is 463 g/mol. The van der Waals surface area contributed by atoms with E-state index in [-0.39, 0.29) is 16.8 Å². The van der Waals surface area contributed by atoms with Gasteiger partial charge in [-0.2, -0.15) is 0 Å². The smallest absolute Gasteiger partial charge is 0.259 e. The highest BCUT2D eigenvalue weighted by Crippen LogP contribution is 2.38. The number of thiocarbonyl (C=S) groups is 1. The van der Waals surface area contributed by atoms with Crippen molar-refractivity contribution in [1.29, 1.82) is 0 Å². The lowest BCUT2D eigenvalue weighted by molar-refractivity contribution is -0.120. The van der Waals surface area contributed by atoms with Crippen LogP contribution in [-0.2, 0) is 17.6 Å². The Morgan fingerprint density at radius 1 is 1.18 bits per heavy atom. The molecule has 1 amide bonds. The van der Waals surface area contributed by atoms with Gasteiger partial charge in [0.25, 0.3) is 5.91 Å². The largest absolute Gasteiger partial charge is 0.449 e. The second-order valence-electron chi connectivity index (χ2n) is 8.46. The van der Waals surface area contributed by atoms with Gasteiger partial charge in [0, 0.05) is 17.8 Å². The maximum Gasteiger partial charge on any atom is 0.259 e. The molecule has 33 heavy (non-hydrogen) atoms. The fourth-order valence-corrected chi connectivity index (χ4v) is 4.57. The molecule has 4 rings (SSSR count). The molecule has 2 aromatic carbocycles. The number of carbonyl (C=O) groups excluding carboxylic acids is 1. The van der Waals surface area contributed by atoms with Crippen molar-refractivity contribution >= 4 is 40.3 Å². The number of aryl methyl sites for hydroxylation is 3. The Morgan fingerprint density at radius 3 is 2.58 bits per heavy atom. The van der Waals surface area contributed by atoms with Crippen LogP contribution >= 0.6 is 12.2 Å². The first-order valence-corrected chi connectivity index (χ1v) is 11.0. The number of benzene rings is 2. The van der Waals surface area contributed by atoms with Gasteiger partial charge in [-0.3, -0.25) is 9.69 Å². The third-order valence-corrected chi connectivity index (χ3v) is 6.21. The van der Waals surface area contributed by atoms with Gasteiger partial charge >= 0.3 is 0 Å². The number of nitrogens with zero attached hydrogens (tertiary/aromatic N) is 4. The first-order chi connectivity index (χ1) is 15.7. The highest BCUT2D eigenvalue weighted by atomic mass is 32.1. The highest BCUT2D eigenvalue weighted by molar-refractivity contribution is 7.81. The lowest BCUT2D eigenvalue weighted by Gasteiger charge is -2.29. The molecule has 0 spiro atoms. The van der Waals surface area contributed by atoms with Crippen LogP contribution in [0.2, 0.25) is 0 Å². The van der Waals surface area contributed by atoms with Crippen LogP contribution in [0.5, 0.6) is 0 Å². The molecule has 0 radical (unpaired) electrons. The van der Waals surface area contributed by atoms with E-state index in [0.717, 1.165) is 5.56 Å². The van der Waals surface area contributed by atoms with E-state index < -0.39 is 5.54 Å². The zero-order chi connectivity index (χ0) is 23.8. The predicted molar refractivity (Wildman–Crippen MR) is 129 cm³/mol. The van der Waals surface area contributed by atoms with Crippen molar-refractivity contribution in [3.05, 3.63) is 83.1 Å². The summed E-state index contributed by atoms with van der Waals surface area (Å²) in [6, 6.07) is 10.1. The molecular weight excluding hydrogens is 439 g/mol. The van der Waals surface area contributed by atoms with Gasteiger partial charge in [0.1, 0.15) is 17.6 Å². The van der Waals surface area contributed by atoms with E-state index in [1.165, 1.54) is 17.2 Å². The quantitative estimate of drug-likeness (QED) is 0.344. The molecule has 8 heteroatoms. The van der Waals surface area contributed by atoms with Gasteiger partial charge in [-0.25, -0.2) is 14.2 Å². The van der Waals surface area contributed by atoms with Crippen molar-refractivity contribution in [1.82, 2.24) is 4.98 Å². The Balaban J connectivity index is 1.58. The van der Waals surface area contributed by atoms with Crippen LogP contribution in [0, 0.1) is 19.3 Å². The van der Waals surface area contributed by atoms with Crippen molar-refractivity contribution in [2.45, 2.75) is 45.6 Å². The summed E-state index contributed by atoms with van der Waals surface area (Å²) >= 11 is 5.68. The first-order valence-electron chi connectivity index (χ1n) is 10.6. The van der Waals surface area contributed by atoms with Crippen LogP contribution in [-0.4, -0.2) is 21.5 Å². The Labute approximate surface area is 197 Å². The molecule has 1 saturated heterocycles. The van der Waals surface area contributed by atoms with Gasteiger partial charge in [-0.1, -0.05) is 12.1 Å². The summed E-state index contributed by atoms with van der Waals surface area (Å²) in [5.41, 5.74) is 1.98. The van der Waals surface area contributed by atoms with Crippen LogP contribution in [0.3, 0.4) is 0 Å². The molecule has 1 fully saturated rings. The van der Waals surface area contributed by atoms with E-state index >= 15 is 0 Å². The molecule has 1 aliphatic heterocycles. The van der Waals surface area contributed by atoms with E-state index in [1.54, 1.807) is 55.3 Å². The molecule has 1 aromatic heterocycles. The standard InChI is InChI=1S/C25H23FN4O2S/c1-16-14-18(10-11-21(16)27-4)29-23(31)25(2,3)30(24(29)33)19-9-8-17(20(26)15-19)6-5-7-22-28-12-13-32-22/h8-15H,5-7H2,1-3H3. The molecule has 3 aromatic rings. The molecule has 6 nitrogen and oxygen atoms in total. The van der Waals surface area contributed by atoms with Crippen molar-refractivity contribution < 1.29 is 13.6 Å². The summed E-state index contributed by atoms with van der Waals surface area (Å²) in [5.74, 6) is 0.0778. The SMILES string of the molecule is [C-]#[N+]c1ccc(N2C(=O)C(C)(C)N(c3ccc(CCCc4ncco4)c(F)c3)C2=S)cc1C. The number of carbonyl (C=O) groups is 1. The van der Waals surface area contributed by atoms with Gasteiger partial charge in [0.2, 0.25) is 0 Å². The van der Waals surface area contributed by atoms with E-state index in [4.69, 9.17) is 23.2 Å². The molecule has 1 aliphatic rings. The number of aromatic nitrogens is 1. The summed E-state index contributed by atoms with van der Waals surface area (Å²) in [7, 11) is 0. The normalized spacial score (nSPS) is 15.2. The Bertz CT molecular complexity index is 1260. The summed E-state index contributed by atoms with van der Waals surface area (Å²) in [6.07, 6.45) is 5.00. The fourth-order valence-electron chi connectivity index (χ4n) is 4.04. The number of oxazole rings is 1. The monoisotopic (exact) mass is 462 g/mol. The molecule has 0 N–H and O–H groups in total. The number of hydrogen-bond donors (Lipinski definition) is 0. The van der Waals surface area contributed by atoms with Crippen LogP contribution in [0.4, 0.5) is 21.5 Å². The van der Waals surface area contributed by atoms with Crippen molar-refractivity contribution in [2.24, 2.45) is 0 Å². The van der Waals surface area contributed by atoms with Crippen LogP contribution in [0.25, 0.3) is 4.85 Å². The first kappa shape index (κ1) is 22.6. The minimum Gasteiger partial charge on any atom is -0.449 e. The Hall–Kier alpha value is -3.57. The maximum absolute atomic E-state index is 15.0. The molecule has 0 unspecified atom stereocenters. The minimum absolute atomic E-state index is 0.210. The molecular formula is C25H23FN4O2S. The predicted octanol–water partition coefficient (Wildman–Crippen LogP) is 5.76. The van der Waals surface area contributed by atoms with Gasteiger partial charge < -0.3 is 9.32 Å². The molecule has 0 saturated carbocycles. The van der Waals surface area contributed by atoms with Crippen molar-refractivity contribution in [2.75, 3.05) is 9.80 Å². The fraction of sp³-hybridized carbons (Fsp3) is 0.280. The number of hydrogen-bond acceptors (Lipinski definition) is 4. The third-order valence-electron chi connectivity index (χ3n) is 5.84. The number of anilines is 2. The topological polar surface area (TPSA) is 53.9 Å². The number of halogens is 1. The number of amides is 1. The molecule has 0 atom stereocenters. The average Bonchev–Trinajstić information content (AvgIpc) is 3.34. The lowest BCUT2D eigenvalue weighted by Crippen LogP contribution is -2.44. The summed E-state index contributed by atoms with van der Waals surface area (Å²) in [4.78, 5) is 24.0. The molecule has 168 valence electrons. The van der Waals surface area contributed by atoms with E-state index in [1.807, 2.05) is 6.92 Å². The maximum atomic E-state index is 15.0. The van der Waals surface area contributed by atoms with Gasteiger partial charge in [-0.15, -0.1) is 0 Å². The van der Waals surface area contributed by atoms with Crippen LogP contribution in [0.15, 0.2) is 53.3 Å². The zero-order valence-electron chi connectivity index (χ0n) is 18.6. The van der Waals surface area contributed by atoms with Gasteiger partial charge in [0.15, 0.2) is 16.7 Å². The van der Waals surface area contributed by atoms with Crippen LogP contribution < -0.4 is 9.80 Å². The zero-order valence-corrected chi connectivity index (χ0v) is 19.4. The second-order valence-corrected chi connectivity index (χ2v) is 8.82.